The molecule has 2 heterocycles. The van der Waals surface area contributed by atoms with Crippen molar-refractivity contribution in [1.29, 1.82) is 0 Å². The Morgan fingerprint density at radius 2 is 1.81 bits per heavy atom. The van der Waals surface area contributed by atoms with Crippen molar-refractivity contribution in [1.82, 2.24) is 10.2 Å². The molecule has 0 spiro atoms. The lowest BCUT2D eigenvalue weighted by Crippen LogP contribution is -2.53. The molecule has 2 saturated heterocycles. The second-order valence-corrected chi connectivity index (χ2v) is 9.97. The molecule has 37 heavy (non-hydrogen) atoms. The summed E-state index contributed by atoms with van der Waals surface area (Å²) in [5.41, 5.74) is 0.658. The van der Waals surface area contributed by atoms with E-state index in [0.29, 0.717) is 24.9 Å². The van der Waals surface area contributed by atoms with Crippen LogP contribution < -0.4 is 5.32 Å². The number of nitrogens with zero attached hydrogens (tertiary/aromatic N) is 1. The lowest BCUT2D eigenvalue weighted by Gasteiger charge is -2.38. The summed E-state index contributed by atoms with van der Waals surface area (Å²) in [5.74, 6) is -0.813. The van der Waals surface area contributed by atoms with E-state index in [1.54, 1.807) is 36.6 Å². The molecular weight excluding hydrogens is 496 g/mol. The summed E-state index contributed by atoms with van der Waals surface area (Å²) < 4.78 is 17.0. The molecule has 2 N–H and O–H groups in total. The molecule has 0 radical (unpaired) electrons. The van der Waals surface area contributed by atoms with Gasteiger partial charge in [0.25, 0.3) is 0 Å². The Morgan fingerprint density at radius 3 is 2.51 bits per heavy atom. The van der Waals surface area contributed by atoms with Crippen molar-refractivity contribution >= 4 is 29.7 Å². The predicted octanol–water partition coefficient (Wildman–Crippen LogP) is 2.97. The number of rotatable bonds is 8. The van der Waals surface area contributed by atoms with Crippen LogP contribution in [0.25, 0.3) is 0 Å². The number of thioether (sulfide) groups is 1. The minimum absolute atomic E-state index is 0.141. The van der Waals surface area contributed by atoms with Crippen LogP contribution in [-0.4, -0.2) is 77.1 Å². The van der Waals surface area contributed by atoms with Gasteiger partial charge in [-0.2, -0.15) is 0 Å². The van der Waals surface area contributed by atoms with Gasteiger partial charge in [-0.25, -0.2) is 9.59 Å². The van der Waals surface area contributed by atoms with Gasteiger partial charge >= 0.3 is 12.1 Å². The number of hydrogen-bond acceptors (Lipinski definition) is 8. The van der Waals surface area contributed by atoms with E-state index in [0.717, 1.165) is 5.56 Å². The summed E-state index contributed by atoms with van der Waals surface area (Å²) in [5, 5.41) is 13.5. The van der Waals surface area contributed by atoms with Gasteiger partial charge in [0.05, 0.1) is 11.7 Å². The normalized spacial score (nSPS) is 25.4. The average Bonchev–Trinajstić information content (AvgIpc) is 3.43. The fourth-order valence-corrected chi connectivity index (χ4v) is 5.24. The third kappa shape index (κ3) is 7.03. The maximum Gasteiger partial charge on any atom is 0.410 e. The highest BCUT2D eigenvalue weighted by Crippen LogP contribution is 2.29. The number of carbonyl (C=O) groups is 3. The number of hydrogen-bond donors (Lipinski definition) is 2. The van der Waals surface area contributed by atoms with Gasteiger partial charge in [0.2, 0.25) is 5.91 Å². The lowest BCUT2D eigenvalue weighted by atomic mass is 10.0. The summed E-state index contributed by atoms with van der Waals surface area (Å²) in [6.45, 7) is 0.747. The third-order valence-corrected chi connectivity index (χ3v) is 7.34. The van der Waals surface area contributed by atoms with Gasteiger partial charge in [-0.15, -0.1) is 11.8 Å². The van der Waals surface area contributed by atoms with Crippen molar-refractivity contribution in [3.05, 3.63) is 71.8 Å². The minimum atomic E-state index is -1.00. The number of amides is 2. The van der Waals surface area contributed by atoms with E-state index in [9.17, 15) is 19.5 Å². The van der Waals surface area contributed by atoms with E-state index in [1.165, 1.54) is 16.7 Å². The highest BCUT2D eigenvalue weighted by atomic mass is 32.2. The summed E-state index contributed by atoms with van der Waals surface area (Å²) in [6.07, 6.45) is 0.494. The Bertz CT molecular complexity index is 1060. The van der Waals surface area contributed by atoms with Crippen LogP contribution in [0.2, 0.25) is 0 Å². The van der Waals surface area contributed by atoms with Gasteiger partial charge in [0.15, 0.2) is 0 Å². The number of aliphatic hydroxyl groups excluding tert-OH is 1. The van der Waals surface area contributed by atoms with Gasteiger partial charge in [-0.05, 0) is 36.8 Å². The molecule has 0 bridgehead atoms. The lowest BCUT2D eigenvalue weighted by molar-refractivity contribution is -0.141. The van der Waals surface area contributed by atoms with Crippen LogP contribution in [0.5, 0.6) is 0 Å². The second-order valence-electron chi connectivity index (χ2n) is 9.04. The smallest absolute Gasteiger partial charge is 0.410 e. The molecule has 9 nitrogen and oxygen atoms in total. The number of benzene rings is 2. The van der Waals surface area contributed by atoms with Crippen LogP contribution in [0.4, 0.5) is 4.79 Å². The van der Waals surface area contributed by atoms with Gasteiger partial charge in [0.1, 0.15) is 30.3 Å². The first-order valence-electron chi connectivity index (χ1n) is 12.3. The van der Waals surface area contributed by atoms with E-state index < -0.39 is 41.9 Å². The Kier molecular flexibility index (Phi) is 9.43. The molecule has 5 unspecified atom stereocenters. The monoisotopic (exact) mass is 528 g/mol. The Labute approximate surface area is 220 Å². The van der Waals surface area contributed by atoms with Crippen LogP contribution in [-0.2, 0) is 25.6 Å². The summed E-state index contributed by atoms with van der Waals surface area (Å²) in [7, 11) is 0. The molecule has 2 aromatic carbocycles. The zero-order valence-corrected chi connectivity index (χ0v) is 21.5. The SMILES string of the molecule is CSC1OC(CNC(=O)C2CCCN2C(=O)OCc2ccccc2)CC(OC(=O)c2ccccc2)C1O. The molecule has 2 aliphatic rings. The van der Waals surface area contributed by atoms with E-state index in [2.05, 4.69) is 5.32 Å². The number of nitrogens with one attached hydrogen (secondary N) is 1. The van der Waals surface area contributed by atoms with Crippen molar-refractivity contribution in [2.24, 2.45) is 0 Å². The maximum absolute atomic E-state index is 13.0. The Balaban J connectivity index is 1.30. The first-order chi connectivity index (χ1) is 18.0. The predicted molar refractivity (Wildman–Crippen MR) is 138 cm³/mol. The molecule has 2 amide bonds. The minimum Gasteiger partial charge on any atom is -0.456 e. The van der Waals surface area contributed by atoms with Gasteiger partial charge in [0, 0.05) is 19.5 Å². The van der Waals surface area contributed by atoms with E-state index in [-0.39, 0.29) is 25.5 Å². The summed E-state index contributed by atoms with van der Waals surface area (Å²) >= 11 is 1.31. The number of likely N-dealkylation sites (tertiary alicyclic amines) is 1. The van der Waals surface area contributed by atoms with Crippen molar-refractivity contribution in [3.63, 3.8) is 0 Å². The molecule has 2 fully saturated rings. The Morgan fingerprint density at radius 1 is 1.11 bits per heavy atom. The third-order valence-electron chi connectivity index (χ3n) is 6.48. The van der Waals surface area contributed by atoms with Crippen LogP contribution in [0.1, 0.15) is 35.2 Å². The Hall–Kier alpha value is -3.08. The standard InChI is InChI=1S/C27H32N2O7S/c1-37-26-23(30)22(36-25(32)19-11-6-3-7-12-19)15-20(35-26)16-28-24(31)21-13-8-14-29(21)27(33)34-17-18-9-4-2-5-10-18/h2-7,9-12,20-23,26,30H,8,13-17H2,1H3,(H,28,31). The molecule has 5 atom stereocenters. The highest BCUT2D eigenvalue weighted by molar-refractivity contribution is 7.99. The van der Waals surface area contributed by atoms with Crippen molar-refractivity contribution in [2.45, 2.75) is 55.7 Å². The van der Waals surface area contributed by atoms with Crippen LogP contribution in [0.3, 0.4) is 0 Å². The van der Waals surface area contributed by atoms with Crippen molar-refractivity contribution in [2.75, 3.05) is 19.3 Å². The molecule has 2 aromatic rings. The van der Waals surface area contributed by atoms with E-state index >= 15 is 0 Å². The van der Waals surface area contributed by atoms with Crippen molar-refractivity contribution < 1.29 is 33.7 Å². The van der Waals surface area contributed by atoms with E-state index in [4.69, 9.17) is 14.2 Å². The highest BCUT2D eigenvalue weighted by Gasteiger charge is 2.41. The fourth-order valence-electron chi connectivity index (χ4n) is 4.52. The molecule has 2 aliphatic heterocycles. The molecule has 4 rings (SSSR count). The molecule has 0 aliphatic carbocycles. The average molecular weight is 529 g/mol. The van der Waals surface area contributed by atoms with Crippen molar-refractivity contribution in [3.8, 4) is 0 Å². The van der Waals surface area contributed by atoms with Gasteiger partial charge in [-0.1, -0.05) is 48.5 Å². The summed E-state index contributed by atoms with van der Waals surface area (Å²) in [4.78, 5) is 39.6. The van der Waals surface area contributed by atoms with Gasteiger partial charge < -0.3 is 24.6 Å². The fraction of sp³-hybridized carbons (Fsp3) is 0.444. The van der Waals surface area contributed by atoms with Crippen LogP contribution in [0.15, 0.2) is 60.7 Å². The van der Waals surface area contributed by atoms with Crippen LogP contribution in [0, 0.1) is 0 Å². The number of esters is 1. The van der Waals surface area contributed by atoms with Crippen LogP contribution >= 0.6 is 11.8 Å². The molecule has 0 saturated carbocycles. The number of ether oxygens (including phenoxy) is 3. The maximum atomic E-state index is 13.0. The number of carbonyl (C=O) groups excluding carboxylic acids is 3. The zero-order chi connectivity index (χ0) is 26.2. The molecule has 10 heteroatoms. The molecular formula is C27H32N2O7S. The second kappa shape index (κ2) is 12.9. The van der Waals surface area contributed by atoms with Gasteiger partial charge in [-0.3, -0.25) is 9.69 Å². The number of aliphatic hydroxyl groups is 1. The quantitative estimate of drug-likeness (QED) is 0.503. The molecule has 0 aromatic heterocycles. The molecule has 198 valence electrons. The first-order valence-corrected chi connectivity index (χ1v) is 13.6. The largest absolute Gasteiger partial charge is 0.456 e. The zero-order valence-electron chi connectivity index (χ0n) is 20.7. The first kappa shape index (κ1) is 27.0. The van der Waals surface area contributed by atoms with E-state index in [1.807, 2.05) is 30.3 Å². The summed E-state index contributed by atoms with van der Waals surface area (Å²) in [6, 6.07) is 17.3. The topological polar surface area (TPSA) is 114 Å².